The van der Waals surface area contributed by atoms with Crippen molar-refractivity contribution in [2.75, 3.05) is 13.1 Å². The van der Waals surface area contributed by atoms with Gasteiger partial charge in [0.2, 0.25) is 0 Å². The van der Waals surface area contributed by atoms with E-state index < -0.39 is 0 Å². The number of hydrogen-bond acceptors (Lipinski definition) is 1. The Morgan fingerprint density at radius 1 is 1.05 bits per heavy atom. The first-order valence-corrected chi connectivity index (χ1v) is 9.46. The Hall–Kier alpha value is -0.0400. The second kappa shape index (κ2) is 7.99. The van der Waals surface area contributed by atoms with Gasteiger partial charge >= 0.3 is 0 Å². The van der Waals surface area contributed by atoms with Crippen molar-refractivity contribution in [3.8, 4) is 0 Å². The van der Waals surface area contributed by atoms with Gasteiger partial charge in [-0.15, -0.1) is 0 Å². The van der Waals surface area contributed by atoms with Gasteiger partial charge in [0, 0.05) is 6.54 Å². The molecule has 1 fully saturated rings. The molecule has 1 aliphatic rings. The van der Waals surface area contributed by atoms with Crippen LogP contribution in [0.4, 0.5) is 0 Å². The Morgan fingerprint density at radius 2 is 1.57 bits per heavy atom. The molecule has 126 valence electrons. The summed E-state index contributed by atoms with van der Waals surface area (Å²) in [7, 11) is 0. The van der Waals surface area contributed by atoms with Gasteiger partial charge in [0.25, 0.3) is 0 Å². The average molecular weight is 296 g/mol. The highest BCUT2D eigenvalue weighted by atomic mass is 14.9. The predicted molar refractivity (Wildman–Crippen MR) is 95.6 cm³/mol. The fourth-order valence-electron chi connectivity index (χ4n) is 4.55. The van der Waals surface area contributed by atoms with Crippen LogP contribution in [0.3, 0.4) is 0 Å². The van der Waals surface area contributed by atoms with E-state index in [-0.39, 0.29) is 0 Å². The van der Waals surface area contributed by atoms with E-state index in [2.05, 4.69) is 53.8 Å². The lowest BCUT2D eigenvalue weighted by Gasteiger charge is -2.48. The molecular formula is C20H41N. The first-order chi connectivity index (χ1) is 9.75. The van der Waals surface area contributed by atoms with Gasteiger partial charge in [0.1, 0.15) is 0 Å². The molecule has 0 spiro atoms. The Morgan fingerprint density at radius 3 is 1.95 bits per heavy atom. The minimum absolute atomic E-state index is 0.492. The smallest absolute Gasteiger partial charge is 0.00106 e. The molecule has 0 atom stereocenters. The SMILES string of the molecule is CCC(CC)C1(CNCC(C)C)CCC(C(C)(C)C)CC1. The summed E-state index contributed by atoms with van der Waals surface area (Å²) in [5.41, 5.74) is 1.06. The summed E-state index contributed by atoms with van der Waals surface area (Å²) in [4.78, 5) is 0. The van der Waals surface area contributed by atoms with Gasteiger partial charge < -0.3 is 5.32 Å². The average Bonchev–Trinajstić information content (AvgIpc) is 2.39. The standard InChI is InChI=1S/C20H41N/c1-8-17(9-2)20(15-21-14-16(3)4)12-10-18(11-13-20)19(5,6)7/h16-18,21H,8-15H2,1-7H3. The van der Waals surface area contributed by atoms with E-state index in [9.17, 15) is 0 Å². The molecule has 0 unspecified atom stereocenters. The lowest BCUT2D eigenvalue weighted by atomic mass is 9.58. The molecule has 0 aromatic heterocycles. The first kappa shape index (κ1) is 19.0. The molecular weight excluding hydrogens is 254 g/mol. The van der Waals surface area contributed by atoms with Gasteiger partial charge in [-0.25, -0.2) is 0 Å². The largest absolute Gasteiger partial charge is 0.316 e. The molecule has 1 saturated carbocycles. The third kappa shape index (κ3) is 5.27. The molecule has 1 nitrogen and oxygen atoms in total. The van der Waals surface area contributed by atoms with Crippen molar-refractivity contribution in [3.05, 3.63) is 0 Å². The normalized spacial score (nSPS) is 27.6. The van der Waals surface area contributed by atoms with Crippen LogP contribution in [0, 0.1) is 28.6 Å². The van der Waals surface area contributed by atoms with Gasteiger partial charge in [-0.2, -0.15) is 0 Å². The molecule has 1 aliphatic carbocycles. The lowest BCUT2D eigenvalue weighted by molar-refractivity contribution is 0.0344. The minimum atomic E-state index is 0.492. The monoisotopic (exact) mass is 295 g/mol. The van der Waals surface area contributed by atoms with Crippen molar-refractivity contribution in [2.45, 2.75) is 87.0 Å². The molecule has 0 aliphatic heterocycles. The summed E-state index contributed by atoms with van der Waals surface area (Å²) in [6.45, 7) is 19.1. The number of rotatable bonds is 7. The highest BCUT2D eigenvalue weighted by Crippen LogP contribution is 2.50. The minimum Gasteiger partial charge on any atom is -0.316 e. The van der Waals surface area contributed by atoms with Crippen molar-refractivity contribution < 1.29 is 0 Å². The van der Waals surface area contributed by atoms with E-state index in [0.717, 1.165) is 17.8 Å². The second-order valence-electron chi connectivity index (χ2n) is 9.04. The van der Waals surface area contributed by atoms with Gasteiger partial charge in [-0.1, -0.05) is 61.3 Å². The van der Waals surface area contributed by atoms with Crippen LogP contribution in [0.25, 0.3) is 0 Å². The maximum Gasteiger partial charge on any atom is 0.00106 e. The summed E-state index contributed by atoms with van der Waals surface area (Å²) in [6.07, 6.45) is 8.44. The van der Waals surface area contributed by atoms with Crippen LogP contribution in [0.5, 0.6) is 0 Å². The van der Waals surface area contributed by atoms with E-state index in [4.69, 9.17) is 0 Å². The molecule has 0 bridgehead atoms. The Kier molecular flexibility index (Phi) is 7.24. The van der Waals surface area contributed by atoms with Gasteiger partial charge in [-0.05, 0) is 60.8 Å². The maximum atomic E-state index is 3.80. The maximum absolute atomic E-state index is 3.80. The molecule has 0 aromatic carbocycles. The van der Waals surface area contributed by atoms with Crippen LogP contribution in [0.15, 0.2) is 0 Å². The third-order valence-corrected chi connectivity index (χ3v) is 6.09. The van der Waals surface area contributed by atoms with E-state index >= 15 is 0 Å². The predicted octanol–water partition coefficient (Wildman–Crippen LogP) is 5.89. The Labute approximate surface area is 134 Å². The van der Waals surface area contributed by atoms with Crippen LogP contribution < -0.4 is 5.32 Å². The molecule has 0 heterocycles. The van der Waals surface area contributed by atoms with E-state index in [1.54, 1.807) is 0 Å². The zero-order valence-electron chi connectivity index (χ0n) is 15.9. The molecule has 1 heteroatoms. The molecule has 0 saturated heterocycles. The fourth-order valence-corrected chi connectivity index (χ4v) is 4.55. The highest BCUT2D eigenvalue weighted by Gasteiger charge is 2.42. The molecule has 21 heavy (non-hydrogen) atoms. The zero-order chi connectivity index (χ0) is 16.1. The van der Waals surface area contributed by atoms with Crippen molar-refractivity contribution in [1.82, 2.24) is 5.32 Å². The number of hydrogen-bond donors (Lipinski definition) is 1. The van der Waals surface area contributed by atoms with Crippen molar-refractivity contribution in [2.24, 2.45) is 28.6 Å². The molecule has 1 N–H and O–H groups in total. The van der Waals surface area contributed by atoms with Gasteiger partial charge in [-0.3, -0.25) is 0 Å². The summed E-state index contributed by atoms with van der Waals surface area (Å²) in [6, 6.07) is 0. The number of nitrogens with one attached hydrogen (secondary N) is 1. The van der Waals surface area contributed by atoms with E-state index in [1.807, 2.05) is 0 Å². The summed E-state index contributed by atoms with van der Waals surface area (Å²) >= 11 is 0. The highest BCUT2D eigenvalue weighted by molar-refractivity contribution is 4.94. The topological polar surface area (TPSA) is 12.0 Å². The van der Waals surface area contributed by atoms with Gasteiger partial charge in [0.05, 0.1) is 0 Å². The summed E-state index contributed by atoms with van der Waals surface area (Å²) in [5, 5.41) is 3.80. The molecule has 0 aromatic rings. The molecule has 0 amide bonds. The Balaban J connectivity index is 2.71. The van der Waals surface area contributed by atoms with Crippen molar-refractivity contribution >= 4 is 0 Å². The van der Waals surface area contributed by atoms with E-state index in [1.165, 1.54) is 51.6 Å². The van der Waals surface area contributed by atoms with Crippen LogP contribution >= 0.6 is 0 Å². The quantitative estimate of drug-likeness (QED) is 0.617. The van der Waals surface area contributed by atoms with Crippen LogP contribution in [0.1, 0.15) is 87.0 Å². The van der Waals surface area contributed by atoms with E-state index in [0.29, 0.717) is 10.8 Å². The summed E-state index contributed by atoms with van der Waals surface area (Å²) in [5.74, 6) is 2.58. The first-order valence-electron chi connectivity index (χ1n) is 9.46. The third-order valence-electron chi connectivity index (χ3n) is 6.09. The van der Waals surface area contributed by atoms with Crippen LogP contribution in [-0.2, 0) is 0 Å². The fraction of sp³-hybridized carbons (Fsp3) is 1.00. The van der Waals surface area contributed by atoms with Crippen molar-refractivity contribution in [3.63, 3.8) is 0 Å². The zero-order valence-corrected chi connectivity index (χ0v) is 15.9. The van der Waals surface area contributed by atoms with Gasteiger partial charge in [0.15, 0.2) is 0 Å². The Bertz CT molecular complexity index is 275. The van der Waals surface area contributed by atoms with Crippen molar-refractivity contribution in [1.29, 1.82) is 0 Å². The lowest BCUT2D eigenvalue weighted by Crippen LogP contribution is -2.45. The molecule has 0 radical (unpaired) electrons. The second-order valence-corrected chi connectivity index (χ2v) is 9.04. The van der Waals surface area contributed by atoms with Crippen LogP contribution in [0.2, 0.25) is 0 Å². The summed E-state index contributed by atoms with van der Waals surface area (Å²) < 4.78 is 0. The van der Waals surface area contributed by atoms with Crippen LogP contribution in [-0.4, -0.2) is 13.1 Å². The molecule has 1 rings (SSSR count).